The molecule has 1 N–H and O–H groups in total. The van der Waals surface area contributed by atoms with E-state index in [0.717, 1.165) is 16.7 Å². The van der Waals surface area contributed by atoms with E-state index in [1.54, 1.807) is 37.8 Å². The Kier molecular flexibility index (Phi) is 2.41. The van der Waals surface area contributed by atoms with Crippen LogP contribution in [0.1, 0.15) is 0 Å². The molecule has 0 unspecified atom stereocenters. The van der Waals surface area contributed by atoms with E-state index in [4.69, 9.17) is 9.15 Å². The number of nitrogens with zero attached hydrogens (tertiary/aromatic N) is 1. The van der Waals surface area contributed by atoms with E-state index in [9.17, 15) is 5.11 Å². The molecule has 0 bridgehead atoms. The molecular weight excluding hydrogens is 230 g/mol. The van der Waals surface area contributed by atoms with Crippen molar-refractivity contribution < 1.29 is 14.3 Å². The Morgan fingerprint density at radius 2 is 2.11 bits per heavy atom. The molecule has 2 aromatic heterocycles. The summed E-state index contributed by atoms with van der Waals surface area (Å²) in [5.74, 6) is 0.748. The third kappa shape index (κ3) is 1.68. The molecule has 0 spiro atoms. The van der Waals surface area contributed by atoms with Crippen molar-refractivity contribution in [1.29, 1.82) is 0 Å². The fraction of sp³-hybridized carbons (Fsp3) is 0.0714. The van der Waals surface area contributed by atoms with Crippen LogP contribution in [0.25, 0.3) is 22.0 Å². The molecule has 3 aromatic rings. The van der Waals surface area contributed by atoms with Gasteiger partial charge < -0.3 is 14.3 Å². The van der Waals surface area contributed by atoms with Gasteiger partial charge in [0.1, 0.15) is 5.75 Å². The Labute approximate surface area is 103 Å². The summed E-state index contributed by atoms with van der Waals surface area (Å²) in [7, 11) is 1.61. The monoisotopic (exact) mass is 241 g/mol. The maximum atomic E-state index is 9.93. The summed E-state index contributed by atoms with van der Waals surface area (Å²) in [6.07, 6.45) is 3.16. The van der Waals surface area contributed by atoms with E-state index in [1.165, 1.54) is 0 Å². The normalized spacial score (nSPS) is 10.7. The fourth-order valence-electron chi connectivity index (χ4n) is 1.90. The highest BCUT2D eigenvalue weighted by Crippen LogP contribution is 2.30. The largest absolute Gasteiger partial charge is 0.497 e. The van der Waals surface area contributed by atoms with Gasteiger partial charge in [-0.15, -0.1) is 0 Å². The molecule has 3 rings (SSSR count). The van der Waals surface area contributed by atoms with Crippen LogP contribution in [0.15, 0.2) is 47.3 Å². The van der Waals surface area contributed by atoms with Crippen molar-refractivity contribution in [2.24, 2.45) is 0 Å². The van der Waals surface area contributed by atoms with Crippen LogP contribution in [-0.2, 0) is 0 Å². The highest BCUT2D eigenvalue weighted by atomic mass is 16.5. The molecule has 0 saturated heterocycles. The van der Waals surface area contributed by atoms with Gasteiger partial charge >= 0.3 is 0 Å². The molecule has 4 heteroatoms. The molecule has 2 heterocycles. The van der Waals surface area contributed by atoms with Crippen LogP contribution in [0, 0.1) is 0 Å². The number of benzene rings is 1. The van der Waals surface area contributed by atoms with Crippen molar-refractivity contribution in [3.8, 4) is 22.9 Å². The first-order valence-electron chi connectivity index (χ1n) is 5.48. The molecule has 0 aliphatic heterocycles. The number of methoxy groups -OCH3 is 1. The molecule has 0 aliphatic carbocycles. The van der Waals surface area contributed by atoms with Gasteiger partial charge in [0.15, 0.2) is 0 Å². The molecule has 0 aliphatic rings. The summed E-state index contributed by atoms with van der Waals surface area (Å²) in [6, 6.07) is 9.13. The zero-order valence-electron chi connectivity index (χ0n) is 9.75. The second-order valence-electron chi connectivity index (χ2n) is 3.93. The second kappa shape index (κ2) is 4.07. The van der Waals surface area contributed by atoms with E-state index >= 15 is 0 Å². The van der Waals surface area contributed by atoms with E-state index in [2.05, 4.69) is 4.98 Å². The summed E-state index contributed by atoms with van der Waals surface area (Å²) in [5, 5.41) is 11.5. The fourth-order valence-corrected chi connectivity index (χ4v) is 1.90. The third-order valence-corrected chi connectivity index (χ3v) is 2.84. The average molecular weight is 241 g/mol. The van der Waals surface area contributed by atoms with Crippen molar-refractivity contribution in [2.45, 2.75) is 0 Å². The van der Waals surface area contributed by atoms with Gasteiger partial charge in [-0.05, 0) is 35.7 Å². The van der Waals surface area contributed by atoms with Gasteiger partial charge in [0, 0.05) is 10.9 Å². The van der Waals surface area contributed by atoms with Gasteiger partial charge in [-0.3, -0.25) is 0 Å². The number of fused-ring (bicyclic) bond motifs is 1. The summed E-state index contributed by atoms with van der Waals surface area (Å²) in [4.78, 5) is 4.15. The van der Waals surface area contributed by atoms with Crippen LogP contribution >= 0.6 is 0 Å². The zero-order chi connectivity index (χ0) is 12.5. The Hall–Kier alpha value is -2.49. The number of pyridine rings is 1. The highest BCUT2D eigenvalue weighted by molar-refractivity contribution is 5.90. The molecule has 0 radical (unpaired) electrons. The minimum absolute atomic E-state index is 0.00588. The molecule has 18 heavy (non-hydrogen) atoms. The smallest absolute Gasteiger partial charge is 0.219 e. The number of furan rings is 1. The van der Waals surface area contributed by atoms with E-state index < -0.39 is 0 Å². The predicted octanol–water partition coefficient (Wildman–Crippen LogP) is 3.21. The van der Waals surface area contributed by atoms with E-state index in [-0.39, 0.29) is 5.88 Å². The van der Waals surface area contributed by atoms with Crippen LogP contribution in [0.5, 0.6) is 11.6 Å². The number of hydrogen-bond acceptors (Lipinski definition) is 4. The number of rotatable bonds is 2. The lowest BCUT2D eigenvalue weighted by Gasteiger charge is -2.06. The van der Waals surface area contributed by atoms with E-state index in [1.807, 2.05) is 12.1 Å². The summed E-state index contributed by atoms with van der Waals surface area (Å²) in [5.41, 5.74) is 1.50. The Morgan fingerprint density at radius 3 is 2.83 bits per heavy atom. The molecule has 1 aromatic carbocycles. The van der Waals surface area contributed by atoms with Crippen LogP contribution in [0.2, 0.25) is 0 Å². The van der Waals surface area contributed by atoms with Crippen molar-refractivity contribution in [3.63, 3.8) is 0 Å². The van der Waals surface area contributed by atoms with Crippen LogP contribution in [-0.4, -0.2) is 17.2 Å². The Balaban J connectivity index is 2.24. The summed E-state index contributed by atoms with van der Waals surface area (Å²) >= 11 is 0. The van der Waals surface area contributed by atoms with Crippen molar-refractivity contribution in [3.05, 3.63) is 42.9 Å². The van der Waals surface area contributed by atoms with E-state index in [0.29, 0.717) is 11.1 Å². The minimum atomic E-state index is 0.00588. The SMILES string of the molecule is COc1ccc2c(O)nc(-c3ccoc3)cc2c1. The molecule has 4 nitrogen and oxygen atoms in total. The van der Waals surface area contributed by atoms with Crippen LogP contribution < -0.4 is 4.74 Å². The minimum Gasteiger partial charge on any atom is -0.497 e. The lowest BCUT2D eigenvalue weighted by molar-refractivity contribution is 0.415. The van der Waals surface area contributed by atoms with Crippen LogP contribution in [0.4, 0.5) is 0 Å². The number of ether oxygens (including phenoxy) is 1. The number of aromatic hydroxyl groups is 1. The standard InChI is InChI=1S/C14H11NO3/c1-17-11-2-3-12-10(6-11)7-13(15-14(12)16)9-4-5-18-8-9/h2-8H,1H3,(H,15,16). The van der Waals surface area contributed by atoms with Gasteiger partial charge in [-0.2, -0.15) is 0 Å². The van der Waals surface area contributed by atoms with Gasteiger partial charge in [-0.25, -0.2) is 4.98 Å². The van der Waals surface area contributed by atoms with Gasteiger partial charge in [0.25, 0.3) is 0 Å². The lowest BCUT2D eigenvalue weighted by Crippen LogP contribution is -1.87. The van der Waals surface area contributed by atoms with Crippen molar-refractivity contribution in [1.82, 2.24) is 4.98 Å². The first-order chi connectivity index (χ1) is 8.78. The van der Waals surface area contributed by atoms with Gasteiger partial charge in [0.05, 0.1) is 25.3 Å². The first kappa shape index (κ1) is 10.7. The summed E-state index contributed by atoms with van der Waals surface area (Å²) < 4.78 is 10.2. The molecule has 90 valence electrons. The first-order valence-corrected chi connectivity index (χ1v) is 5.48. The lowest BCUT2D eigenvalue weighted by atomic mass is 10.1. The third-order valence-electron chi connectivity index (χ3n) is 2.84. The molecule has 0 amide bonds. The Bertz CT molecular complexity index is 690. The topological polar surface area (TPSA) is 55.5 Å². The maximum Gasteiger partial charge on any atom is 0.219 e. The quantitative estimate of drug-likeness (QED) is 0.748. The molecule has 0 fully saturated rings. The molecule has 0 saturated carbocycles. The average Bonchev–Trinajstić information content (AvgIpc) is 2.91. The summed E-state index contributed by atoms with van der Waals surface area (Å²) in [6.45, 7) is 0. The van der Waals surface area contributed by atoms with Gasteiger partial charge in [0.2, 0.25) is 5.88 Å². The number of hydrogen-bond donors (Lipinski definition) is 1. The molecular formula is C14H11NO3. The zero-order valence-corrected chi connectivity index (χ0v) is 9.75. The highest BCUT2D eigenvalue weighted by Gasteiger charge is 2.08. The van der Waals surface area contributed by atoms with Crippen LogP contribution in [0.3, 0.4) is 0 Å². The maximum absolute atomic E-state index is 9.93. The van der Waals surface area contributed by atoms with Crippen molar-refractivity contribution in [2.75, 3.05) is 7.11 Å². The van der Waals surface area contributed by atoms with Crippen molar-refractivity contribution >= 4 is 10.8 Å². The Morgan fingerprint density at radius 1 is 1.22 bits per heavy atom. The molecule has 0 atom stereocenters. The second-order valence-corrected chi connectivity index (χ2v) is 3.93. The predicted molar refractivity (Wildman–Crippen MR) is 67.7 cm³/mol. The number of aromatic nitrogens is 1. The van der Waals surface area contributed by atoms with Gasteiger partial charge in [-0.1, -0.05) is 0 Å².